The van der Waals surface area contributed by atoms with Gasteiger partial charge >= 0.3 is 0 Å². The van der Waals surface area contributed by atoms with Crippen molar-refractivity contribution < 1.29 is 137 Å². The minimum atomic E-state index is -1.18. The van der Waals surface area contributed by atoms with Crippen LogP contribution in [0.1, 0.15) is 0 Å². The smallest absolute Gasteiger partial charge is 0.187 e. The van der Waals surface area contributed by atoms with Gasteiger partial charge < -0.3 is 143 Å². The van der Waals surface area contributed by atoms with Crippen molar-refractivity contribution in [2.75, 3.05) is 160 Å². The van der Waals surface area contributed by atoms with Crippen LogP contribution in [0.4, 0.5) is 0 Å². The molecule has 0 unspecified atom stereocenters. The molecule has 0 saturated carbocycles. The van der Waals surface area contributed by atoms with Crippen molar-refractivity contribution in [3.05, 3.63) is 0 Å². The summed E-state index contributed by atoms with van der Waals surface area (Å²) in [4.78, 5) is 0. The molecule has 30 heteroatoms. The van der Waals surface area contributed by atoms with Crippen LogP contribution in [0.2, 0.25) is 0 Å². The van der Waals surface area contributed by atoms with Gasteiger partial charge in [0.25, 0.3) is 0 Å². The van der Waals surface area contributed by atoms with Crippen LogP contribution in [0.15, 0.2) is 0 Å². The molecule has 12 bridgehead atoms. The highest BCUT2D eigenvalue weighted by Gasteiger charge is 2.61. The molecule has 0 aliphatic carbocycles. The van der Waals surface area contributed by atoms with Gasteiger partial charge in [-0.15, -0.1) is 0 Å². The lowest BCUT2D eigenvalue weighted by Crippen LogP contribution is -2.70. The van der Waals surface area contributed by atoms with E-state index in [0.29, 0.717) is 0 Å². The summed E-state index contributed by atoms with van der Waals surface area (Å²) in [6.45, 7) is -0.120. The SMILES string of the molecule is COC[C@H]1O[C@@H]2O[C@H]3[C@H](OC)[C@@H](OC)[C@@H](O[C@H]4[C@H](OC)[C@@H](OC)[C@@H](O[C@H]5[C@H](OC)[C@@H](OC)[C@@H](O[C@H]6[C@H](OC)[C@@H](OC)[C@@H](O[C@H]7[C@H](OC)[C@@H](OC)[C@@H](O[C@H]1[C@H](OC)[C@H]2OC)O[C@@H]7CN)O[C@@H]6COC)O[C@@H]5COC)O[C@@H]4COC)O[C@@H]3COC. The minimum Gasteiger partial charge on any atom is -0.382 e. The van der Waals surface area contributed by atoms with Crippen molar-refractivity contribution in [2.24, 2.45) is 5.73 Å². The Bertz CT molecular complexity index is 1810. The molecule has 0 spiro atoms. The quantitative estimate of drug-likeness (QED) is 0.116. The topological polar surface area (TPSA) is 294 Å². The fourth-order valence-corrected chi connectivity index (χ4v) is 12.6. The Kier molecular flexibility index (Phi) is 28.0. The highest BCUT2D eigenvalue weighted by Crippen LogP contribution is 2.42. The first-order valence-electron chi connectivity index (χ1n) is 27.7. The largest absolute Gasteiger partial charge is 0.382 e. The summed E-state index contributed by atoms with van der Waals surface area (Å²) in [6, 6.07) is 0. The van der Waals surface area contributed by atoms with Crippen LogP contribution in [0.3, 0.4) is 0 Å². The van der Waals surface area contributed by atoms with E-state index in [1.165, 1.54) is 121 Å². The van der Waals surface area contributed by atoms with E-state index in [9.17, 15) is 0 Å². The van der Waals surface area contributed by atoms with Gasteiger partial charge in [0.2, 0.25) is 0 Å². The van der Waals surface area contributed by atoms with Gasteiger partial charge in [0.15, 0.2) is 37.7 Å². The zero-order valence-electron chi connectivity index (χ0n) is 51.0. The van der Waals surface area contributed by atoms with Gasteiger partial charge in [-0.2, -0.15) is 0 Å². The first kappa shape index (κ1) is 69.3. The summed E-state index contributed by atoms with van der Waals surface area (Å²) in [5, 5.41) is 0. The van der Waals surface area contributed by atoms with Gasteiger partial charge in [-0.1, -0.05) is 0 Å². The second-order valence-corrected chi connectivity index (χ2v) is 20.8. The number of nitrogens with two attached hydrogens (primary N) is 1. The van der Waals surface area contributed by atoms with E-state index in [0.717, 1.165) is 0 Å². The number of ether oxygens (including phenoxy) is 29. The van der Waals surface area contributed by atoms with Crippen LogP contribution in [0.5, 0.6) is 0 Å². The second kappa shape index (κ2) is 33.6. The molecule has 2 N–H and O–H groups in total. The fourth-order valence-electron chi connectivity index (χ4n) is 12.6. The average molecular weight is 1210 g/mol. The van der Waals surface area contributed by atoms with Crippen LogP contribution in [-0.2, 0) is 137 Å². The van der Waals surface area contributed by atoms with Gasteiger partial charge in [-0.05, 0) is 0 Å². The molecule has 0 aromatic heterocycles. The monoisotopic (exact) mass is 1210 g/mol. The van der Waals surface area contributed by atoms with Gasteiger partial charge in [0.05, 0.1) is 33.0 Å². The van der Waals surface area contributed by atoms with Crippen LogP contribution < -0.4 is 5.73 Å². The molecule has 22 rings (SSSR count). The summed E-state index contributed by atoms with van der Waals surface area (Å²) in [5.41, 5.74) is 6.55. The van der Waals surface area contributed by atoms with E-state index in [-0.39, 0.29) is 39.6 Å². The number of hydrogen-bond donors (Lipinski definition) is 1. The van der Waals surface area contributed by atoms with Crippen LogP contribution in [-0.4, -0.2) is 345 Å². The third kappa shape index (κ3) is 14.9. The van der Waals surface area contributed by atoms with E-state index < -0.39 is 184 Å². The predicted octanol–water partition coefficient (Wildman–Crippen LogP) is -1.97. The first-order valence-corrected chi connectivity index (χ1v) is 27.7. The first-order chi connectivity index (χ1) is 40.4. The van der Waals surface area contributed by atoms with Gasteiger partial charge in [-0.3, -0.25) is 0 Å². The predicted molar refractivity (Wildman–Crippen MR) is 279 cm³/mol. The Morgan fingerprint density at radius 3 is 0.482 bits per heavy atom. The zero-order chi connectivity index (χ0) is 60.1. The van der Waals surface area contributed by atoms with Crippen LogP contribution in [0, 0.1) is 0 Å². The molecule has 30 atom stereocenters. The van der Waals surface area contributed by atoms with Crippen molar-refractivity contribution in [1.29, 1.82) is 0 Å². The molecule has 22 fully saturated rings. The maximum Gasteiger partial charge on any atom is 0.187 e. The molecule has 22 aliphatic rings. The van der Waals surface area contributed by atoms with E-state index in [4.69, 9.17) is 143 Å². The van der Waals surface area contributed by atoms with E-state index in [2.05, 4.69) is 0 Å². The van der Waals surface area contributed by atoms with Gasteiger partial charge in [0.1, 0.15) is 146 Å². The van der Waals surface area contributed by atoms with Crippen molar-refractivity contribution in [3.8, 4) is 0 Å². The van der Waals surface area contributed by atoms with E-state index in [1.807, 2.05) is 0 Å². The average Bonchev–Trinajstić information content (AvgIpc) is 3.69. The molecule has 22 heterocycles. The molecule has 22 aliphatic heterocycles. The van der Waals surface area contributed by atoms with Crippen molar-refractivity contribution in [1.82, 2.24) is 0 Å². The second-order valence-electron chi connectivity index (χ2n) is 20.8. The molecule has 0 radical (unpaired) electrons. The Hall–Kier alpha value is -1.20. The number of methoxy groups -OCH3 is 17. The molecule has 30 nitrogen and oxygen atoms in total. The molecule has 22 saturated heterocycles. The molecule has 83 heavy (non-hydrogen) atoms. The zero-order valence-corrected chi connectivity index (χ0v) is 51.0. The Balaban J connectivity index is 1.34. The lowest BCUT2D eigenvalue weighted by Gasteiger charge is -2.53. The summed E-state index contributed by atoms with van der Waals surface area (Å²) >= 11 is 0. The summed E-state index contributed by atoms with van der Waals surface area (Å²) in [5.74, 6) is 0. The standard InChI is InChI=1S/C53H95NO29/c1-55-19-25-31-37(61-7)44(68-14)50(74-25)81-33-27(21-57-3)76-52(46(70-16)39(33)63-9)83-35-29(23-59-5)77-53(47(71-17)41(35)65-11)82-34-28(22-58-4)75-51(45(69-15)40(34)64-10)80-32-26(20-56-2)73-49(43(67-13)38(32)62-8)78-30-24(18-54)72-48(79-31)42(66-12)36(30)60-6/h24-53H,18-23,54H2,1-17H3/t24-,25-,26-,27-,28-,29-,30-,31-,32-,33-,34-,35-,36+,37+,38+,39+,40+,41+,42-,43-,44-,45-,46-,47-,48-,49-,50-,51-,52-,53-/m1/s1. The molecular weight excluding hydrogens is 1110 g/mol. The summed E-state index contributed by atoms with van der Waals surface area (Å²) in [6.07, 6.45) is -29.6. The van der Waals surface area contributed by atoms with Crippen LogP contribution in [0.25, 0.3) is 0 Å². The lowest BCUT2D eigenvalue weighted by atomic mass is 9.94. The van der Waals surface area contributed by atoms with Crippen molar-refractivity contribution >= 4 is 0 Å². The van der Waals surface area contributed by atoms with Gasteiger partial charge in [0, 0.05) is 127 Å². The molecule has 0 aromatic carbocycles. The van der Waals surface area contributed by atoms with Crippen molar-refractivity contribution in [2.45, 2.75) is 184 Å². The van der Waals surface area contributed by atoms with Gasteiger partial charge in [-0.25, -0.2) is 0 Å². The molecule has 0 aromatic rings. The maximum absolute atomic E-state index is 6.97. The number of hydrogen-bond acceptors (Lipinski definition) is 30. The highest BCUT2D eigenvalue weighted by molar-refractivity contribution is 5.03. The Morgan fingerprint density at radius 2 is 0.349 bits per heavy atom. The van der Waals surface area contributed by atoms with Crippen molar-refractivity contribution in [3.63, 3.8) is 0 Å². The third-order valence-electron chi connectivity index (χ3n) is 16.4. The fraction of sp³-hybridized carbons (Fsp3) is 1.00. The Labute approximate surface area is 486 Å². The minimum absolute atomic E-state index is 0.00803. The molecular formula is C53H95NO29. The Morgan fingerprint density at radius 1 is 0.205 bits per heavy atom. The summed E-state index contributed by atoms with van der Waals surface area (Å²) < 4.78 is 186. The van der Waals surface area contributed by atoms with E-state index in [1.54, 1.807) is 0 Å². The third-order valence-corrected chi connectivity index (χ3v) is 16.4. The number of rotatable bonds is 23. The molecule has 486 valence electrons. The normalized spacial score (nSPS) is 46.5. The highest BCUT2D eigenvalue weighted by atomic mass is 16.8. The maximum atomic E-state index is 6.97. The van der Waals surface area contributed by atoms with Crippen LogP contribution >= 0.6 is 0 Å². The molecule has 0 amide bonds. The summed E-state index contributed by atoms with van der Waals surface area (Å²) in [7, 11) is 25.7. The lowest BCUT2D eigenvalue weighted by molar-refractivity contribution is -0.409. The van der Waals surface area contributed by atoms with E-state index >= 15 is 0 Å².